The predicted octanol–water partition coefficient (Wildman–Crippen LogP) is 5.45. The maximum absolute atomic E-state index is 11.9. The van der Waals surface area contributed by atoms with E-state index in [4.69, 9.17) is 14.2 Å². The third-order valence-corrected chi connectivity index (χ3v) is 6.20. The zero-order valence-electron chi connectivity index (χ0n) is 17.6. The molecule has 1 atom stereocenters. The van der Waals surface area contributed by atoms with E-state index < -0.39 is 6.10 Å². The quantitative estimate of drug-likeness (QED) is 0.439. The number of esters is 1. The van der Waals surface area contributed by atoms with Crippen LogP contribution >= 0.6 is 11.8 Å². The number of benzene rings is 3. The number of carbonyl (C=O) groups excluding carboxylic acids is 1. The van der Waals surface area contributed by atoms with Gasteiger partial charge in [-0.3, -0.25) is 0 Å². The van der Waals surface area contributed by atoms with Crippen molar-refractivity contribution in [2.45, 2.75) is 29.2 Å². The molecule has 3 aromatic rings. The van der Waals surface area contributed by atoms with Crippen LogP contribution in [0.15, 0.2) is 82.6 Å². The fraction of sp³-hybridized carbons (Fsp3) is 0.240. The van der Waals surface area contributed by atoms with E-state index in [0.717, 1.165) is 22.7 Å². The minimum atomic E-state index is -0.597. The van der Waals surface area contributed by atoms with Crippen LogP contribution < -0.4 is 9.64 Å². The van der Waals surface area contributed by atoms with Gasteiger partial charge in [-0.15, -0.1) is 0 Å². The Bertz CT molecular complexity index is 992. The zero-order chi connectivity index (χ0) is 21.6. The lowest BCUT2D eigenvalue weighted by Crippen LogP contribution is -2.28. The van der Waals surface area contributed by atoms with Crippen LogP contribution in [0.5, 0.6) is 5.75 Å². The Hall–Kier alpha value is -2.96. The highest BCUT2D eigenvalue weighted by Crippen LogP contribution is 2.47. The van der Waals surface area contributed by atoms with E-state index in [1.54, 1.807) is 11.8 Å². The average Bonchev–Trinajstić information content (AvgIpc) is 2.82. The SMILES string of the molecule is CCOC(Cc1ccc(OCN2c3ccccc3Sc3ccccc32)cc1)C(=O)OC. The standard InChI is InChI=1S/C25H25NO4S/c1-3-29-22(25(27)28-2)16-18-12-14-19(15-13-18)30-17-26-20-8-4-6-10-23(20)31-24-11-7-5-9-21(24)26/h4-15,22H,3,16-17H2,1-2H3. The van der Waals surface area contributed by atoms with Crippen molar-refractivity contribution in [1.29, 1.82) is 0 Å². The molecule has 1 aliphatic heterocycles. The summed E-state index contributed by atoms with van der Waals surface area (Å²) in [4.78, 5) is 16.5. The zero-order valence-corrected chi connectivity index (χ0v) is 18.4. The van der Waals surface area contributed by atoms with Gasteiger partial charge in [0.15, 0.2) is 12.8 Å². The van der Waals surface area contributed by atoms with Gasteiger partial charge >= 0.3 is 5.97 Å². The number of hydrogen-bond donors (Lipinski definition) is 0. The molecule has 0 fully saturated rings. The maximum atomic E-state index is 11.9. The average molecular weight is 436 g/mol. The third kappa shape index (κ3) is 4.86. The van der Waals surface area contributed by atoms with Crippen LogP contribution in [-0.2, 0) is 20.7 Å². The first-order chi connectivity index (χ1) is 15.2. The molecule has 0 spiro atoms. The molecule has 0 aromatic heterocycles. The molecule has 1 heterocycles. The van der Waals surface area contributed by atoms with Gasteiger partial charge in [-0.2, -0.15) is 0 Å². The number of rotatable bonds is 8. The molecular formula is C25H25NO4S. The van der Waals surface area contributed by atoms with Gasteiger partial charge in [0.25, 0.3) is 0 Å². The van der Waals surface area contributed by atoms with E-state index in [2.05, 4.69) is 41.3 Å². The fourth-order valence-electron chi connectivity index (χ4n) is 3.54. The van der Waals surface area contributed by atoms with Gasteiger partial charge in [0, 0.05) is 22.8 Å². The first-order valence-corrected chi connectivity index (χ1v) is 11.1. The Morgan fingerprint density at radius 3 is 2.13 bits per heavy atom. The highest BCUT2D eigenvalue weighted by molar-refractivity contribution is 7.99. The minimum Gasteiger partial charge on any atom is -0.473 e. The highest BCUT2D eigenvalue weighted by Gasteiger charge is 2.23. The summed E-state index contributed by atoms with van der Waals surface area (Å²) in [7, 11) is 1.38. The summed E-state index contributed by atoms with van der Waals surface area (Å²) >= 11 is 1.78. The monoisotopic (exact) mass is 435 g/mol. The van der Waals surface area contributed by atoms with E-state index >= 15 is 0 Å². The number of anilines is 2. The Kier molecular flexibility index (Phi) is 6.79. The highest BCUT2D eigenvalue weighted by atomic mass is 32.2. The number of ether oxygens (including phenoxy) is 3. The van der Waals surface area contributed by atoms with Crippen molar-refractivity contribution in [2.75, 3.05) is 25.3 Å². The van der Waals surface area contributed by atoms with Crippen LogP contribution in [0.3, 0.4) is 0 Å². The summed E-state index contributed by atoms with van der Waals surface area (Å²) in [5, 5.41) is 0. The van der Waals surface area contributed by atoms with Crippen LogP contribution in [-0.4, -0.2) is 32.5 Å². The number of para-hydroxylation sites is 2. The van der Waals surface area contributed by atoms with Gasteiger partial charge in [-0.25, -0.2) is 4.79 Å². The number of nitrogens with zero attached hydrogens (tertiary/aromatic N) is 1. The number of fused-ring (bicyclic) bond motifs is 2. The Balaban J connectivity index is 1.46. The van der Waals surface area contributed by atoms with Crippen molar-refractivity contribution >= 4 is 29.1 Å². The van der Waals surface area contributed by atoms with E-state index in [1.165, 1.54) is 16.9 Å². The number of carbonyl (C=O) groups is 1. The molecule has 1 unspecified atom stereocenters. The summed E-state index contributed by atoms with van der Waals surface area (Å²) < 4.78 is 16.5. The van der Waals surface area contributed by atoms with Crippen LogP contribution in [0.2, 0.25) is 0 Å². The molecule has 0 saturated carbocycles. The van der Waals surface area contributed by atoms with Crippen LogP contribution in [0, 0.1) is 0 Å². The maximum Gasteiger partial charge on any atom is 0.335 e. The molecule has 4 rings (SSSR count). The molecule has 160 valence electrons. The summed E-state index contributed by atoms with van der Waals surface area (Å²) in [5.74, 6) is 0.408. The Morgan fingerprint density at radius 1 is 0.935 bits per heavy atom. The van der Waals surface area contributed by atoms with Crippen molar-refractivity contribution in [3.05, 3.63) is 78.4 Å². The minimum absolute atomic E-state index is 0.359. The Labute approximate surface area is 186 Å². The third-order valence-electron chi connectivity index (χ3n) is 5.07. The van der Waals surface area contributed by atoms with Crippen LogP contribution in [0.25, 0.3) is 0 Å². The molecular weight excluding hydrogens is 410 g/mol. The normalized spacial score (nSPS) is 13.2. The molecule has 1 aliphatic rings. The topological polar surface area (TPSA) is 48.0 Å². The van der Waals surface area contributed by atoms with Crippen LogP contribution in [0.4, 0.5) is 11.4 Å². The van der Waals surface area contributed by atoms with Gasteiger partial charge in [0.1, 0.15) is 5.75 Å². The molecule has 0 N–H and O–H groups in total. The number of methoxy groups -OCH3 is 1. The lowest BCUT2D eigenvalue weighted by Gasteiger charge is -2.32. The van der Waals surface area contributed by atoms with Gasteiger partial charge in [0.2, 0.25) is 0 Å². The second kappa shape index (κ2) is 9.90. The summed E-state index contributed by atoms with van der Waals surface area (Å²) in [6, 6.07) is 24.5. The molecule has 6 heteroatoms. The van der Waals surface area contributed by atoms with Gasteiger partial charge < -0.3 is 19.1 Å². The molecule has 0 amide bonds. The second-order valence-electron chi connectivity index (χ2n) is 7.05. The molecule has 5 nitrogen and oxygen atoms in total. The van der Waals surface area contributed by atoms with Crippen molar-refractivity contribution in [3.63, 3.8) is 0 Å². The summed E-state index contributed by atoms with van der Waals surface area (Å²) in [6.07, 6.45) is -0.133. The van der Waals surface area contributed by atoms with Crippen molar-refractivity contribution in [3.8, 4) is 5.75 Å². The van der Waals surface area contributed by atoms with Crippen molar-refractivity contribution in [1.82, 2.24) is 0 Å². The predicted molar refractivity (Wildman–Crippen MR) is 122 cm³/mol. The van der Waals surface area contributed by atoms with Gasteiger partial charge in [-0.05, 0) is 48.9 Å². The van der Waals surface area contributed by atoms with E-state index in [-0.39, 0.29) is 5.97 Å². The van der Waals surface area contributed by atoms with Gasteiger partial charge in [0.05, 0.1) is 18.5 Å². The van der Waals surface area contributed by atoms with Gasteiger partial charge in [-0.1, -0.05) is 48.2 Å². The Morgan fingerprint density at radius 2 is 1.55 bits per heavy atom. The van der Waals surface area contributed by atoms with Crippen molar-refractivity contribution < 1.29 is 19.0 Å². The smallest absolute Gasteiger partial charge is 0.335 e. The molecule has 0 saturated heterocycles. The molecule has 3 aromatic carbocycles. The van der Waals surface area contributed by atoms with E-state index in [1.807, 2.05) is 43.3 Å². The molecule has 0 aliphatic carbocycles. The lowest BCUT2D eigenvalue weighted by molar-refractivity contribution is -0.153. The fourth-order valence-corrected chi connectivity index (χ4v) is 4.63. The lowest BCUT2D eigenvalue weighted by atomic mass is 10.1. The molecule has 0 bridgehead atoms. The molecule has 31 heavy (non-hydrogen) atoms. The molecule has 0 radical (unpaired) electrons. The largest absolute Gasteiger partial charge is 0.473 e. The first kappa shape index (κ1) is 21.3. The van der Waals surface area contributed by atoms with Crippen LogP contribution in [0.1, 0.15) is 12.5 Å². The van der Waals surface area contributed by atoms with E-state index in [9.17, 15) is 4.79 Å². The first-order valence-electron chi connectivity index (χ1n) is 10.2. The summed E-state index contributed by atoms with van der Waals surface area (Å²) in [6.45, 7) is 2.72. The summed E-state index contributed by atoms with van der Waals surface area (Å²) in [5.41, 5.74) is 3.27. The second-order valence-corrected chi connectivity index (χ2v) is 8.14. The van der Waals surface area contributed by atoms with Crippen molar-refractivity contribution in [2.24, 2.45) is 0 Å². The van der Waals surface area contributed by atoms with E-state index in [0.29, 0.717) is 19.8 Å². The number of hydrogen-bond acceptors (Lipinski definition) is 6.